The first-order valence-corrected chi connectivity index (χ1v) is 7.34. The van der Waals surface area contributed by atoms with E-state index in [4.69, 9.17) is 0 Å². The molecule has 16 heavy (non-hydrogen) atoms. The fraction of sp³-hybridized carbons (Fsp3) is 0.167. The average Bonchev–Trinajstić information content (AvgIpc) is 2.66. The summed E-state index contributed by atoms with van der Waals surface area (Å²) in [5, 5.41) is 5.51. The van der Waals surface area contributed by atoms with E-state index < -0.39 is 0 Å². The van der Waals surface area contributed by atoms with Crippen molar-refractivity contribution in [3.63, 3.8) is 0 Å². The molecular formula is C12H11Br2NS. The van der Waals surface area contributed by atoms with E-state index in [0.717, 1.165) is 21.2 Å². The molecule has 0 aliphatic carbocycles. The van der Waals surface area contributed by atoms with Crippen molar-refractivity contribution in [2.45, 2.75) is 13.5 Å². The van der Waals surface area contributed by atoms with Crippen LogP contribution in [0.5, 0.6) is 0 Å². The summed E-state index contributed by atoms with van der Waals surface area (Å²) in [6.45, 7) is 2.97. The molecule has 1 nitrogen and oxygen atoms in total. The summed E-state index contributed by atoms with van der Waals surface area (Å²) in [6.07, 6.45) is 0. The Bertz CT molecular complexity index is 494. The molecular weight excluding hydrogens is 350 g/mol. The second kappa shape index (κ2) is 5.34. The van der Waals surface area contributed by atoms with Crippen LogP contribution in [0.4, 0.5) is 5.69 Å². The fourth-order valence-corrected chi connectivity index (χ4v) is 3.03. The summed E-state index contributed by atoms with van der Waals surface area (Å²) in [4.78, 5) is 1.33. The number of nitrogens with one attached hydrogen (secondary N) is 1. The number of thiophene rings is 1. The molecule has 84 valence electrons. The maximum atomic E-state index is 3.50. The van der Waals surface area contributed by atoms with Gasteiger partial charge in [-0.25, -0.2) is 0 Å². The molecule has 1 heterocycles. The third-order valence-electron chi connectivity index (χ3n) is 2.25. The number of halogens is 2. The third-order valence-corrected chi connectivity index (χ3v) is 4.83. The molecule has 0 saturated heterocycles. The van der Waals surface area contributed by atoms with Gasteiger partial charge in [-0.05, 0) is 52.7 Å². The van der Waals surface area contributed by atoms with Gasteiger partial charge in [0, 0.05) is 31.4 Å². The summed E-state index contributed by atoms with van der Waals surface area (Å²) in [7, 11) is 0. The Kier molecular flexibility index (Phi) is 4.05. The van der Waals surface area contributed by atoms with Gasteiger partial charge in [0.2, 0.25) is 0 Å². The first kappa shape index (κ1) is 12.1. The van der Waals surface area contributed by atoms with Crippen LogP contribution in [0.3, 0.4) is 0 Å². The minimum absolute atomic E-state index is 0.872. The Morgan fingerprint density at radius 2 is 2.06 bits per heavy atom. The SMILES string of the molecule is Cc1cc(NCc2cc(Br)cs2)ccc1Br. The van der Waals surface area contributed by atoms with E-state index in [1.807, 2.05) is 0 Å². The lowest BCUT2D eigenvalue weighted by Gasteiger charge is -2.06. The highest BCUT2D eigenvalue weighted by molar-refractivity contribution is 9.10. The van der Waals surface area contributed by atoms with Gasteiger partial charge in [-0.1, -0.05) is 15.9 Å². The summed E-state index contributed by atoms with van der Waals surface area (Å²) >= 11 is 8.71. The largest absolute Gasteiger partial charge is 0.380 e. The summed E-state index contributed by atoms with van der Waals surface area (Å²) in [6, 6.07) is 8.44. The zero-order valence-corrected chi connectivity index (χ0v) is 12.7. The molecule has 1 aromatic carbocycles. The van der Waals surface area contributed by atoms with Crippen LogP contribution in [0.1, 0.15) is 10.4 Å². The van der Waals surface area contributed by atoms with Gasteiger partial charge in [-0.15, -0.1) is 11.3 Å². The fourth-order valence-electron chi connectivity index (χ4n) is 1.39. The van der Waals surface area contributed by atoms with Gasteiger partial charge >= 0.3 is 0 Å². The maximum absolute atomic E-state index is 3.50. The molecule has 0 atom stereocenters. The summed E-state index contributed by atoms with van der Waals surface area (Å²) < 4.78 is 2.30. The van der Waals surface area contributed by atoms with E-state index in [9.17, 15) is 0 Å². The molecule has 1 aromatic heterocycles. The van der Waals surface area contributed by atoms with Crippen LogP contribution < -0.4 is 5.32 Å². The standard InChI is InChI=1S/C12H11Br2NS/c1-8-4-10(2-3-12(8)14)15-6-11-5-9(13)7-16-11/h2-5,7,15H,6H2,1H3. The molecule has 0 aliphatic heterocycles. The second-order valence-corrected chi connectivity index (χ2v) is 6.31. The Morgan fingerprint density at radius 3 is 2.69 bits per heavy atom. The zero-order valence-electron chi connectivity index (χ0n) is 8.76. The van der Waals surface area contributed by atoms with Crippen molar-refractivity contribution < 1.29 is 0 Å². The molecule has 0 saturated carbocycles. The summed E-state index contributed by atoms with van der Waals surface area (Å²) in [5.41, 5.74) is 2.41. The van der Waals surface area contributed by atoms with Gasteiger partial charge in [0.05, 0.1) is 0 Å². The lowest BCUT2D eigenvalue weighted by atomic mass is 10.2. The lowest BCUT2D eigenvalue weighted by molar-refractivity contribution is 1.19. The van der Waals surface area contributed by atoms with Gasteiger partial charge in [-0.3, -0.25) is 0 Å². The molecule has 0 amide bonds. The van der Waals surface area contributed by atoms with Crippen LogP contribution >= 0.6 is 43.2 Å². The highest BCUT2D eigenvalue weighted by atomic mass is 79.9. The number of hydrogen-bond acceptors (Lipinski definition) is 2. The minimum atomic E-state index is 0.872. The Morgan fingerprint density at radius 1 is 1.25 bits per heavy atom. The Hall–Kier alpha value is -0.320. The van der Waals surface area contributed by atoms with E-state index in [1.165, 1.54) is 10.4 Å². The van der Waals surface area contributed by atoms with Crippen LogP contribution in [0.15, 0.2) is 38.6 Å². The third kappa shape index (κ3) is 3.09. The van der Waals surface area contributed by atoms with Crippen molar-refractivity contribution >= 4 is 48.9 Å². The van der Waals surface area contributed by atoms with Crippen molar-refractivity contribution in [1.29, 1.82) is 0 Å². The van der Waals surface area contributed by atoms with Gasteiger partial charge in [-0.2, -0.15) is 0 Å². The topological polar surface area (TPSA) is 12.0 Å². The molecule has 0 fully saturated rings. The van der Waals surface area contributed by atoms with Gasteiger partial charge in [0.15, 0.2) is 0 Å². The number of aryl methyl sites for hydroxylation is 1. The quantitative estimate of drug-likeness (QED) is 0.793. The van der Waals surface area contributed by atoms with Crippen molar-refractivity contribution in [2.75, 3.05) is 5.32 Å². The molecule has 2 rings (SSSR count). The molecule has 0 aliphatic rings. The number of benzene rings is 1. The van der Waals surface area contributed by atoms with Crippen LogP contribution in [0, 0.1) is 6.92 Å². The van der Waals surface area contributed by atoms with Crippen LogP contribution in [0.25, 0.3) is 0 Å². The van der Waals surface area contributed by atoms with E-state index in [2.05, 4.69) is 73.7 Å². The lowest BCUT2D eigenvalue weighted by Crippen LogP contribution is -1.97. The first-order valence-electron chi connectivity index (χ1n) is 4.88. The molecule has 2 aromatic rings. The molecule has 0 unspecified atom stereocenters. The van der Waals surface area contributed by atoms with Gasteiger partial charge < -0.3 is 5.32 Å². The number of rotatable bonds is 3. The molecule has 4 heteroatoms. The van der Waals surface area contributed by atoms with E-state index in [1.54, 1.807) is 11.3 Å². The van der Waals surface area contributed by atoms with Crippen LogP contribution in [-0.2, 0) is 6.54 Å². The van der Waals surface area contributed by atoms with Crippen molar-refractivity contribution in [3.05, 3.63) is 49.0 Å². The van der Waals surface area contributed by atoms with Crippen molar-refractivity contribution in [1.82, 2.24) is 0 Å². The first-order chi connectivity index (χ1) is 7.65. The number of hydrogen-bond donors (Lipinski definition) is 1. The van der Waals surface area contributed by atoms with Crippen molar-refractivity contribution in [2.24, 2.45) is 0 Å². The normalized spacial score (nSPS) is 10.4. The highest BCUT2D eigenvalue weighted by Gasteiger charge is 1.99. The minimum Gasteiger partial charge on any atom is -0.380 e. The smallest absolute Gasteiger partial charge is 0.0494 e. The zero-order chi connectivity index (χ0) is 11.5. The highest BCUT2D eigenvalue weighted by Crippen LogP contribution is 2.23. The van der Waals surface area contributed by atoms with E-state index in [-0.39, 0.29) is 0 Å². The molecule has 1 N–H and O–H groups in total. The summed E-state index contributed by atoms with van der Waals surface area (Å²) in [5.74, 6) is 0. The van der Waals surface area contributed by atoms with Gasteiger partial charge in [0.1, 0.15) is 0 Å². The molecule has 0 spiro atoms. The molecule has 0 radical (unpaired) electrons. The molecule has 0 bridgehead atoms. The Labute approximate surface area is 116 Å². The predicted molar refractivity (Wildman–Crippen MR) is 78.2 cm³/mol. The van der Waals surface area contributed by atoms with Gasteiger partial charge in [0.25, 0.3) is 0 Å². The number of anilines is 1. The second-order valence-electron chi connectivity index (χ2n) is 3.55. The van der Waals surface area contributed by atoms with Crippen LogP contribution in [-0.4, -0.2) is 0 Å². The monoisotopic (exact) mass is 359 g/mol. The van der Waals surface area contributed by atoms with Crippen molar-refractivity contribution in [3.8, 4) is 0 Å². The van der Waals surface area contributed by atoms with E-state index >= 15 is 0 Å². The average molecular weight is 361 g/mol. The van der Waals surface area contributed by atoms with Crippen LogP contribution in [0.2, 0.25) is 0 Å². The Balaban J connectivity index is 2.02. The predicted octanol–water partition coefficient (Wildman–Crippen LogP) is 5.19. The maximum Gasteiger partial charge on any atom is 0.0494 e. The van der Waals surface area contributed by atoms with E-state index in [0.29, 0.717) is 0 Å².